The third kappa shape index (κ3) is 23.7. The third-order valence-electron chi connectivity index (χ3n) is 13.7. The van der Waals surface area contributed by atoms with Gasteiger partial charge < -0.3 is 29.6 Å². The van der Waals surface area contributed by atoms with Crippen LogP contribution in [-0.2, 0) is 18.9 Å². The predicted molar refractivity (Wildman–Crippen MR) is 268 cm³/mol. The largest absolute Gasteiger partial charge is 0.352 e. The fourth-order valence-electron chi connectivity index (χ4n) is 9.28. The average Bonchev–Trinajstić information content (AvgIpc) is 3.34. The molecule has 65 heavy (non-hydrogen) atoms. The zero-order valence-electron chi connectivity index (χ0n) is 41.6. The zero-order chi connectivity index (χ0) is 45.9. The minimum absolute atomic E-state index is 0.0355. The summed E-state index contributed by atoms with van der Waals surface area (Å²) in [5, 5.41) is 6.18. The lowest BCUT2D eigenvalue weighted by Gasteiger charge is -2.43. The molecule has 2 aliphatic heterocycles. The number of nitrogens with one attached hydrogen (secondary N) is 2. The number of hydrogen-bond donors (Lipinski definition) is 2. The molecule has 2 saturated heterocycles. The quantitative estimate of drug-likeness (QED) is 0.0652. The number of carbonyl (C=O) groups is 2. The van der Waals surface area contributed by atoms with Gasteiger partial charge in [-0.2, -0.15) is 0 Å². The van der Waals surface area contributed by atoms with E-state index in [0.29, 0.717) is 50.6 Å². The highest BCUT2D eigenvalue weighted by molar-refractivity contribution is 5.94. The van der Waals surface area contributed by atoms with E-state index >= 15 is 0 Å². The smallest absolute Gasteiger partial charge is 0.251 e. The van der Waals surface area contributed by atoms with Crippen LogP contribution in [0.2, 0.25) is 0 Å². The van der Waals surface area contributed by atoms with E-state index in [9.17, 15) is 9.59 Å². The molecule has 2 heterocycles. The summed E-state index contributed by atoms with van der Waals surface area (Å²) in [6.07, 6.45) is 42.0. The number of benzene rings is 2. The van der Waals surface area contributed by atoms with Gasteiger partial charge in [0.2, 0.25) is 0 Å². The van der Waals surface area contributed by atoms with Crippen LogP contribution < -0.4 is 10.6 Å². The van der Waals surface area contributed by atoms with Crippen LogP contribution in [0.1, 0.15) is 264 Å². The standard InChI is InChI=1S/C57H94N2O6/c1-3-5-7-9-11-13-15-17-19-21-23-25-27-29-31-33-43-58-53(60)49-35-39-51(40-36-49)55-62-45-57(46-63-55)47-64-56(65-48-57)52-41-37-50(38-42-52)54(61)59-44-34-32-30-28-26-24-22-20-18-16-14-12-10-8-6-4-2/h35-42,55-56H,3-34,43-48H2,1-2H3,(H,58,60)(H,59,61). The molecular formula is C57H94N2O6. The van der Waals surface area contributed by atoms with Gasteiger partial charge in [0, 0.05) is 35.3 Å². The summed E-state index contributed by atoms with van der Waals surface area (Å²) in [7, 11) is 0. The van der Waals surface area contributed by atoms with Crippen molar-refractivity contribution in [3.63, 3.8) is 0 Å². The Kier molecular flexibility index (Phi) is 29.8. The predicted octanol–water partition coefficient (Wildman–Crippen LogP) is 15.4. The van der Waals surface area contributed by atoms with Gasteiger partial charge in [0.1, 0.15) is 0 Å². The average molecular weight is 903 g/mol. The molecule has 2 N–H and O–H groups in total. The molecular weight excluding hydrogens is 809 g/mol. The molecule has 368 valence electrons. The maximum Gasteiger partial charge on any atom is 0.251 e. The van der Waals surface area contributed by atoms with Crippen molar-refractivity contribution in [3.05, 3.63) is 70.8 Å². The van der Waals surface area contributed by atoms with Crippen molar-refractivity contribution in [2.45, 2.75) is 232 Å². The van der Waals surface area contributed by atoms with Crippen molar-refractivity contribution in [3.8, 4) is 0 Å². The molecule has 0 bridgehead atoms. The molecule has 2 aromatic rings. The molecule has 0 aliphatic carbocycles. The van der Waals surface area contributed by atoms with Crippen LogP contribution in [0.15, 0.2) is 48.5 Å². The molecule has 2 aliphatic rings. The van der Waals surface area contributed by atoms with Gasteiger partial charge in [-0.1, -0.05) is 231 Å². The van der Waals surface area contributed by atoms with E-state index in [1.54, 1.807) is 0 Å². The number of rotatable bonds is 38. The van der Waals surface area contributed by atoms with Crippen LogP contribution in [0, 0.1) is 5.41 Å². The monoisotopic (exact) mass is 903 g/mol. The van der Waals surface area contributed by atoms with Gasteiger partial charge in [-0.25, -0.2) is 0 Å². The van der Waals surface area contributed by atoms with Gasteiger partial charge >= 0.3 is 0 Å². The maximum absolute atomic E-state index is 12.8. The second-order valence-electron chi connectivity index (χ2n) is 19.8. The molecule has 4 rings (SSSR count). The van der Waals surface area contributed by atoms with Gasteiger partial charge in [-0.05, 0) is 37.1 Å². The summed E-state index contributed by atoms with van der Waals surface area (Å²) in [5.74, 6) is -0.0710. The molecule has 0 aromatic heterocycles. The number of unbranched alkanes of at least 4 members (excludes halogenated alkanes) is 30. The Morgan fingerprint density at radius 1 is 0.385 bits per heavy atom. The first kappa shape index (κ1) is 54.8. The van der Waals surface area contributed by atoms with Crippen molar-refractivity contribution in [1.82, 2.24) is 10.6 Å². The number of carbonyl (C=O) groups excluding carboxylic acids is 2. The Hall–Kier alpha value is -2.78. The van der Waals surface area contributed by atoms with Crippen molar-refractivity contribution in [2.75, 3.05) is 39.5 Å². The molecule has 0 saturated carbocycles. The third-order valence-corrected chi connectivity index (χ3v) is 13.7. The van der Waals surface area contributed by atoms with Crippen LogP contribution in [-0.4, -0.2) is 51.3 Å². The van der Waals surface area contributed by atoms with E-state index in [0.717, 1.165) is 24.0 Å². The summed E-state index contributed by atoms with van der Waals surface area (Å²) in [4.78, 5) is 25.6. The Morgan fingerprint density at radius 2 is 0.615 bits per heavy atom. The molecule has 8 nitrogen and oxygen atoms in total. The molecule has 0 radical (unpaired) electrons. The Morgan fingerprint density at radius 3 is 0.862 bits per heavy atom. The fraction of sp³-hybridized carbons (Fsp3) is 0.754. The summed E-state index contributed by atoms with van der Waals surface area (Å²) in [5.41, 5.74) is 2.69. The van der Waals surface area contributed by atoms with Crippen LogP contribution in [0.5, 0.6) is 0 Å². The lowest BCUT2D eigenvalue weighted by Crippen LogP contribution is -2.49. The lowest BCUT2D eigenvalue weighted by molar-refractivity contribution is -0.307. The number of hydrogen-bond acceptors (Lipinski definition) is 6. The minimum atomic E-state index is -0.497. The van der Waals surface area contributed by atoms with Gasteiger partial charge in [0.05, 0.1) is 31.8 Å². The van der Waals surface area contributed by atoms with Crippen molar-refractivity contribution in [1.29, 1.82) is 0 Å². The molecule has 0 unspecified atom stereocenters. The van der Waals surface area contributed by atoms with E-state index in [2.05, 4.69) is 24.5 Å². The topological polar surface area (TPSA) is 95.1 Å². The minimum Gasteiger partial charge on any atom is -0.352 e. The Labute approximate surface area is 397 Å². The second-order valence-corrected chi connectivity index (χ2v) is 19.8. The van der Waals surface area contributed by atoms with Crippen molar-refractivity contribution < 1.29 is 28.5 Å². The molecule has 2 fully saturated rings. The highest BCUT2D eigenvalue weighted by Gasteiger charge is 2.42. The molecule has 8 heteroatoms. The first-order chi connectivity index (χ1) is 32.0. The normalized spacial score (nSPS) is 18.6. The number of ether oxygens (including phenoxy) is 4. The van der Waals surface area contributed by atoms with E-state index in [1.807, 2.05) is 48.5 Å². The molecule has 1 spiro atoms. The van der Waals surface area contributed by atoms with Crippen LogP contribution in [0.25, 0.3) is 0 Å². The Bertz CT molecular complexity index is 1350. The van der Waals surface area contributed by atoms with E-state index < -0.39 is 12.6 Å². The highest BCUT2D eigenvalue weighted by atomic mass is 16.7. The van der Waals surface area contributed by atoms with E-state index in [-0.39, 0.29) is 17.2 Å². The van der Waals surface area contributed by atoms with E-state index in [1.165, 1.54) is 193 Å². The Balaban J connectivity index is 0.968. The van der Waals surface area contributed by atoms with Crippen LogP contribution in [0.3, 0.4) is 0 Å². The highest BCUT2D eigenvalue weighted by Crippen LogP contribution is 2.38. The summed E-state index contributed by atoms with van der Waals surface area (Å²) in [6.45, 7) is 7.78. The first-order valence-electron chi connectivity index (χ1n) is 27.3. The first-order valence-corrected chi connectivity index (χ1v) is 27.3. The van der Waals surface area contributed by atoms with Gasteiger partial charge in [-0.15, -0.1) is 0 Å². The molecule has 2 amide bonds. The van der Waals surface area contributed by atoms with E-state index in [4.69, 9.17) is 18.9 Å². The van der Waals surface area contributed by atoms with Gasteiger partial charge in [0.25, 0.3) is 11.8 Å². The second kappa shape index (κ2) is 35.4. The van der Waals surface area contributed by atoms with Crippen molar-refractivity contribution in [2.24, 2.45) is 5.41 Å². The summed E-state index contributed by atoms with van der Waals surface area (Å²) in [6, 6.07) is 15.1. The van der Waals surface area contributed by atoms with Crippen LogP contribution >= 0.6 is 0 Å². The maximum atomic E-state index is 12.8. The van der Waals surface area contributed by atoms with Crippen molar-refractivity contribution >= 4 is 11.8 Å². The summed E-state index contributed by atoms with van der Waals surface area (Å²) >= 11 is 0. The molecule has 2 aromatic carbocycles. The zero-order valence-corrected chi connectivity index (χ0v) is 41.6. The summed E-state index contributed by atoms with van der Waals surface area (Å²) < 4.78 is 24.7. The van der Waals surface area contributed by atoms with Gasteiger partial charge in [-0.3, -0.25) is 9.59 Å². The fourth-order valence-corrected chi connectivity index (χ4v) is 9.28. The SMILES string of the molecule is CCCCCCCCCCCCCCCCCCNC(=O)c1ccc(C2OCC3(CO2)COC(c2ccc(C(=O)NCCCCCCCCCCCCCCCCCC)cc2)OC3)cc1. The molecule has 0 atom stereocenters. The lowest BCUT2D eigenvalue weighted by atomic mass is 9.90. The number of amides is 2. The van der Waals surface area contributed by atoms with Gasteiger partial charge in [0.15, 0.2) is 12.6 Å². The van der Waals surface area contributed by atoms with Crippen LogP contribution in [0.4, 0.5) is 0 Å².